The third-order valence-electron chi connectivity index (χ3n) is 1.97. The van der Waals surface area contributed by atoms with E-state index in [1.807, 2.05) is 0 Å². The zero-order chi connectivity index (χ0) is 12.3. The predicted molar refractivity (Wildman–Crippen MR) is 62.7 cm³/mol. The van der Waals surface area contributed by atoms with Crippen LogP contribution in [0.1, 0.15) is 31.1 Å². The van der Waals surface area contributed by atoms with Crippen molar-refractivity contribution < 1.29 is 9.59 Å². The van der Waals surface area contributed by atoms with Gasteiger partial charge in [-0.2, -0.15) is 0 Å². The minimum atomic E-state index is -0.551. The molecule has 0 spiro atoms. The Morgan fingerprint density at radius 2 is 2.12 bits per heavy atom. The number of anilines is 1. The Morgan fingerprint density at radius 1 is 1.50 bits per heavy atom. The first kappa shape index (κ1) is 12.6. The molecule has 0 bridgehead atoms. The number of rotatable bonds is 2. The number of aromatic nitrogens is 1. The molecule has 1 heterocycles. The molecule has 16 heavy (non-hydrogen) atoms. The zero-order valence-electron chi connectivity index (χ0n) is 9.37. The molecule has 1 amide bonds. The van der Waals surface area contributed by atoms with Crippen LogP contribution in [0.25, 0.3) is 0 Å². The van der Waals surface area contributed by atoms with Gasteiger partial charge in [-0.15, -0.1) is 0 Å². The quantitative estimate of drug-likeness (QED) is 0.809. The van der Waals surface area contributed by atoms with Gasteiger partial charge in [0.05, 0.1) is 10.6 Å². The Bertz CT molecular complexity index is 424. The second kappa shape index (κ2) is 4.61. The van der Waals surface area contributed by atoms with Crippen molar-refractivity contribution in [2.24, 2.45) is 5.41 Å². The first-order valence-corrected chi connectivity index (χ1v) is 5.15. The molecule has 5 heteroatoms. The number of carbonyl (C=O) groups excluding carboxylic acids is 2. The Labute approximate surface area is 99.0 Å². The number of aldehydes is 1. The van der Waals surface area contributed by atoms with Crippen LogP contribution in [0.3, 0.4) is 0 Å². The van der Waals surface area contributed by atoms with E-state index in [2.05, 4.69) is 10.3 Å². The van der Waals surface area contributed by atoms with E-state index < -0.39 is 5.41 Å². The van der Waals surface area contributed by atoms with Crippen LogP contribution in [0, 0.1) is 5.41 Å². The summed E-state index contributed by atoms with van der Waals surface area (Å²) in [6.07, 6.45) is 2.02. The standard InChI is InChI=1S/C11H13ClN2O2/c1-11(2,3)10(16)14-9-7(6-15)8(12)4-5-13-9/h4-6H,1-3H3,(H,13,14,16). The van der Waals surface area contributed by atoms with E-state index in [9.17, 15) is 9.59 Å². The highest BCUT2D eigenvalue weighted by molar-refractivity contribution is 6.33. The first-order chi connectivity index (χ1) is 7.36. The van der Waals surface area contributed by atoms with Crippen molar-refractivity contribution in [3.05, 3.63) is 22.8 Å². The summed E-state index contributed by atoms with van der Waals surface area (Å²) in [5.74, 6) is -0.0206. The topological polar surface area (TPSA) is 59.1 Å². The molecule has 1 aromatic heterocycles. The third kappa shape index (κ3) is 2.79. The summed E-state index contributed by atoms with van der Waals surface area (Å²) in [5.41, 5.74) is -0.355. The Kier molecular flexibility index (Phi) is 3.65. The van der Waals surface area contributed by atoms with Gasteiger partial charge in [0.25, 0.3) is 0 Å². The average molecular weight is 241 g/mol. The minimum Gasteiger partial charge on any atom is -0.310 e. The molecule has 86 valence electrons. The van der Waals surface area contributed by atoms with Gasteiger partial charge >= 0.3 is 0 Å². The molecule has 0 saturated heterocycles. The van der Waals surface area contributed by atoms with E-state index in [0.717, 1.165) is 0 Å². The minimum absolute atomic E-state index is 0.196. The highest BCUT2D eigenvalue weighted by Gasteiger charge is 2.22. The fourth-order valence-corrected chi connectivity index (χ4v) is 1.15. The summed E-state index contributed by atoms with van der Waals surface area (Å²) in [5, 5.41) is 2.85. The van der Waals surface area contributed by atoms with Crippen molar-refractivity contribution in [3.8, 4) is 0 Å². The molecule has 0 saturated carbocycles. The lowest BCUT2D eigenvalue weighted by atomic mass is 9.96. The molecule has 0 atom stereocenters. The fraction of sp³-hybridized carbons (Fsp3) is 0.364. The van der Waals surface area contributed by atoms with Gasteiger partial charge in [-0.05, 0) is 6.07 Å². The second-order valence-corrected chi connectivity index (χ2v) is 4.78. The number of nitrogens with one attached hydrogen (secondary N) is 1. The average Bonchev–Trinajstić information content (AvgIpc) is 2.16. The molecule has 1 aromatic rings. The Morgan fingerprint density at radius 3 is 2.62 bits per heavy atom. The molecule has 0 fully saturated rings. The molecule has 0 aliphatic carbocycles. The molecule has 1 rings (SSSR count). The number of nitrogens with zero attached hydrogens (tertiary/aromatic N) is 1. The second-order valence-electron chi connectivity index (χ2n) is 4.38. The van der Waals surface area contributed by atoms with Gasteiger partial charge in [0, 0.05) is 11.6 Å². The van der Waals surface area contributed by atoms with Crippen LogP contribution in [-0.4, -0.2) is 17.2 Å². The highest BCUT2D eigenvalue weighted by Crippen LogP contribution is 2.22. The van der Waals surface area contributed by atoms with Crippen molar-refractivity contribution >= 4 is 29.6 Å². The van der Waals surface area contributed by atoms with Gasteiger partial charge in [-0.1, -0.05) is 32.4 Å². The zero-order valence-corrected chi connectivity index (χ0v) is 10.1. The lowest BCUT2D eigenvalue weighted by Crippen LogP contribution is -2.28. The predicted octanol–water partition coefficient (Wildman–Crippen LogP) is 2.53. The van der Waals surface area contributed by atoms with E-state index in [1.165, 1.54) is 12.3 Å². The SMILES string of the molecule is CC(C)(C)C(=O)Nc1nccc(Cl)c1C=O. The number of pyridine rings is 1. The maximum absolute atomic E-state index is 11.7. The molecule has 0 aliphatic rings. The number of hydrogen-bond acceptors (Lipinski definition) is 3. The van der Waals surface area contributed by atoms with Crippen molar-refractivity contribution in [2.75, 3.05) is 5.32 Å². The van der Waals surface area contributed by atoms with Crippen molar-refractivity contribution in [2.45, 2.75) is 20.8 Å². The summed E-state index contributed by atoms with van der Waals surface area (Å²) in [6, 6.07) is 1.50. The maximum atomic E-state index is 11.7. The molecule has 1 N–H and O–H groups in total. The molecular formula is C11H13ClN2O2. The van der Waals surface area contributed by atoms with Crippen LogP contribution in [-0.2, 0) is 4.79 Å². The molecule has 0 unspecified atom stereocenters. The molecular weight excluding hydrogens is 228 g/mol. The van der Waals surface area contributed by atoms with Crippen LogP contribution >= 0.6 is 11.6 Å². The van der Waals surface area contributed by atoms with E-state index in [1.54, 1.807) is 20.8 Å². The Hall–Kier alpha value is -1.42. The van der Waals surface area contributed by atoms with Gasteiger partial charge in [-0.3, -0.25) is 9.59 Å². The van der Waals surface area contributed by atoms with Crippen LogP contribution in [0.15, 0.2) is 12.3 Å². The van der Waals surface area contributed by atoms with Gasteiger partial charge < -0.3 is 5.32 Å². The number of carbonyl (C=O) groups is 2. The highest BCUT2D eigenvalue weighted by atomic mass is 35.5. The van der Waals surface area contributed by atoms with Crippen LogP contribution in [0.4, 0.5) is 5.82 Å². The summed E-state index contributed by atoms with van der Waals surface area (Å²) in [6.45, 7) is 5.31. The van der Waals surface area contributed by atoms with Gasteiger partial charge in [-0.25, -0.2) is 4.98 Å². The Balaban J connectivity index is 3.03. The summed E-state index contributed by atoms with van der Waals surface area (Å²) >= 11 is 5.80. The van der Waals surface area contributed by atoms with Crippen molar-refractivity contribution in [1.82, 2.24) is 4.98 Å². The molecule has 0 aliphatic heterocycles. The van der Waals surface area contributed by atoms with Gasteiger partial charge in [0.2, 0.25) is 5.91 Å². The number of halogens is 1. The lowest BCUT2D eigenvalue weighted by Gasteiger charge is -2.17. The summed E-state index contributed by atoms with van der Waals surface area (Å²) < 4.78 is 0. The molecule has 4 nitrogen and oxygen atoms in total. The first-order valence-electron chi connectivity index (χ1n) is 4.77. The van der Waals surface area contributed by atoms with Crippen LogP contribution in [0.2, 0.25) is 5.02 Å². The van der Waals surface area contributed by atoms with E-state index in [-0.39, 0.29) is 22.3 Å². The fourth-order valence-electron chi connectivity index (χ4n) is 0.956. The largest absolute Gasteiger partial charge is 0.310 e. The monoisotopic (exact) mass is 240 g/mol. The van der Waals surface area contributed by atoms with Crippen LogP contribution < -0.4 is 5.32 Å². The number of amides is 1. The van der Waals surface area contributed by atoms with E-state index in [0.29, 0.717) is 6.29 Å². The molecule has 0 radical (unpaired) electrons. The lowest BCUT2D eigenvalue weighted by molar-refractivity contribution is -0.123. The van der Waals surface area contributed by atoms with Gasteiger partial charge in [0.15, 0.2) is 6.29 Å². The van der Waals surface area contributed by atoms with Gasteiger partial charge in [0.1, 0.15) is 5.82 Å². The number of hydrogen-bond donors (Lipinski definition) is 1. The van der Waals surface area contributed by atoms with Crippen LogP contribution in [0.5, 0.6) is 0 Å². The smallest absolute Gasteiger partial charge is 0.230 e. The molecule has 0 aromatic carbocycles. The maximum Gasteiger partial charge on any atom is 0.230 e. The summed E-state index contributed by atoms with van der Waals surface area (Å²) in [4.78, 5) is 26.4. The van der Waals surface area contributed by atoms with E-state index in [4.69, 9.17) is 11.6 Å². The normalized spacial score (nSPS) is 11.0. The van der Waals surface area contributed by atoms with Crippen molar-refractivity contribution in [1.29, 1.82) is 0 Å². The summed E-state index contributed by atoms with van der Waals surface area (Å²) in [7, 11) is 0. The van der Waals surface area contributed by atoms with Crippen molar-refractivity contribution in [3.63, 3.8) is 0 Å². The van der Waals surface area contributed by atoms with E-state index >= 15 is 0 Å². The third-order valence-corrected chi connectivity index (χ3v) is 2.30.